The molecule has 4 unspecified atom stereocenters. The van der Waals surface area contributed by atoms with Crippen molar-refractivity contribution in [2.24, 2.45) is 0 Å². The van der Waals surface area contributed by atoms with Gasteiger partial charge in [0.1, 0.15) is 36.6 Å². The molecule has 0 aromatic rings. The Kier molecular flexibility index (Phi) is 55.0. The van der Waals surface area contributed by atoms with Crippen molar-refractivity contribution in [3.8, 4) is 0 Å². The van der Waals surface area contributed by atoms with E-state index in [2.05, 4.69) is 50.0 Å². The molecule has 2 heterocycles. The molecule has 59 heavy (non-hydrogen) atoms. The first-order valence-electron chi connectivity index (χ1n) is 12.0. The fraction of sp³-hybridized carbons (Fsp3) is 1.00. The summed E-state index contributed by atoms with van der Waals surface area (Å²) in [5, 5.41) is 53.5. The van der Waals surface area contributed by atoms with Crippen LogP contribution >= 0.6 is 49.3 Å². The van der Waals surface area contributed by atoms with Gasteiger partial charge in [-0.05, 0) is 0 Å². The number of rotatable bonds is 27. The van der Waals surface area contributed by atoms with E-state index in [1.807, 2.05) is 0 Å². The van der Waals surface area contributed by atoms with Gasteiger partial charge in [0.25, 0.3) is 0 Å². The van der Waals surface area contributed by atoms with E-state index in [1.54, 1.807) is 0 Å². The Balaban J connectivity index is -0.00000100. The fourth-order valence-corrected chi connectivity index (χ4v) is 6.64. The van der Waals surface area contributed by atoms with Crippen molar-refractivity contribution in [2.75, 3.05) is 20.3 Å². The minimum Gasteiger partial charge on any atom is -0.726 e. The Labute approximate surface area is 505 Å². The van der Waals surface area contributed by atoms with Crippen molar-refractivity contribution < 1.29 is 353 Å². The van der Waals surface area contributed by atoms with Crippen LogP contribution in [0.3, 0.4) is 0 Å². The summed E-state index contributed by atoms with van der Waals surface area (Å²) in [5.41, 5.74) is 0. The summed E-state index contributed by atoms with van der Waals surface area (Å²) in [4.78, 5) is 0. The van der Waals surface area contributed by atoms with Crippen LogP contribution in [0.15, 0.2) is 0 Å². The Morgan fingerprint density at radius 2 is 0.797 bits per heavy atom. The summed E-state index contributed by atoms with van der Waals surface area (Å²) in [6.45, 7) is -2.46. The van der Waals surface area contributed by atoms with Crippen LogP contribution in [-0.4, -0.2) is 121 Å². The maximum Gasteiger partial charge on any atom is 1.00 e. The maximum absolute atomic E-state index is 11.7. The Bertz CT molecular complexity index is 1350. The van der Waals surface area contributed by atoms with E-state index in [4.69, 9.17) is 35.7 Å². The standard InChI is InChI=1S/C13H24O32S7.7Na/c1-27-12-10(36-51(21,22)23)8(34-48-44-40-16)6(32-46-42-38-14)4(30-12)2-28-13-11(37-52(24,25)26)9(35-49-45-41-17)7(33-47-43-39-15)5(31-13)3-29-50(18,19)20;;;;;;;/h4-17H,2-3H2,1H3,(H,18,19,20)(H,21,22,23)(H,24,25,26);;;;;;;/q;7*+1/p-7/t4?,5?,6-,7-,8-,9-,10?,11?,12+,13+;;;;;;;/m0......./s1. The smallest absolute Gasteiger partial charge is 0.726 e. The van der Waals surface area contributed by atoms with Gasteiger partial charge in [0, 0.05) is 7.11 Å². The molecule has 46 heteroatoms. The summed E-state index contributed by atoms with van der Waals surface area (Å²) in [6, 6.07) is 0. The Morgan fingerprint density at radius 1 is 0.475 bits per heavy atom. The summed E-state index contributed by atoms with van der Waals surface area (Å²) in [6.07, 6.45) is -21.1. The molecule has 0 aliphatic carbocycles. The van der Waals surface area contributed by atoms with Crippen molar-refractivity contribution in [3.63, 3.8) is 0 Å². The predicted octanol–water partition coefficient (Wildman–Crippen LogP) is -28.0. The first kappa shape index (κ1) is 77.7. The maximum atomic E-state index is 11.7. The summed E-state index contributed by atoms with van der Waals surface area (Å²) in [7, 11) is -16.1. The third-order valence-electron chi connectivity index (χ3n) is 5.50. The van der Waals surface area contributed by atoms with E-state index < -0.39 is 118 Å². The Morgan fingerprint density at radius 3 is 1.12 bits per heavy atom. The first-order valence-corrected chi connectivity index (χ1v) is 18.6. The van der Waals surface area contributed by atoms with Crippen molar-refractivity contribution >= 4 is 80.5 Å². The van der Waals surface area contributed by atoms with Crippen LogP contribution in [-0.2, 0) is 117 Å². The van der Waals surface area contributed by atoms with Gasteiger partial charge in [-0.1, -0.05) is 0 Å². The quantitative estimate of drug-likeness (QED) is 0.0140. The molecule has 310 valence electrons. The predicted molar refractivity (Wildman–Crippen MR) is 134 cm³/mol. The molecule has 2 aliphatic rings. The number of ether oxygens (including phenoxy) is 4. The van der Waals surface area contributed by atoms with Gasteiger partial charge in [-0.3, -0.25) is 49.4 Å². The van der Waals surface area contributed by atoms with Gasteiger partial charge < -0.3 is 53.6 Å². The molecule has 0 spiro atoms. The molecule has 10 atom stereocenters. The molecule has 2 aliphatic heterocycles. The van der Waals surface area contributed by atoms with Crippen LogP contribution in [0.5, 0.6) is 0 Å². The summed E-state index contributed by atoms with van der Waals surface area (Å²) >= 11 is -1.36. The zero-order valence-corrected chi connectivity index (χ0v) is 50.8. The van der Waals surface area contributed by atoms with Crippen LogP contribution in [0.2, 0.25) is 0 Å². The third-order valence-corrected chi connectivity index (χ3v) is 8.49. The molecule has 0 aromatic heterocycles. The van der Waals surface area contributed by atoms with E-state index in [0.29, 0.717) is 0 Å². The van der Waals surface area contributed by atoms with Gasteiger partial charge in [-0.15, -0.1) is 17.3 Å². The third kappa shape index (κ3) is 32.0. The Hall–Kier alpha value is 7.21. The zero-order chi connectivity index (χ0) is 39.0. The molecule has 0 bridgehead atoms. The number of hydrogen-bond donors (Lipinski definition) is 0. The van der Waals surface area contributed by atoms with Gasteiger partial charge in [0.2, 0.25) is 31.2 Å². The van der Waals surface area contributed by atoms with E-state index in [1.165, 1.54) is 0 Å². The molecule has 0 radical (unpaired) electrons. The van der Waals surface area contributed by atoms with Crippen molar-refractivity contribution in [1.29, 1.82) is 0 Å². The molecular formula is C13H17Na7O32S7. The largest absolute Gasteiger partial charge is 1.00 e. The zero-order valence-electron chi connectivity index (χ0n) is 31.1. The van der Waals surface area contributed by atoms with Gasteiger partial charge in [-0.2, -0.15) is 0 Å². The van der Waals surface area contributed by atoms with Crippen LogP contribution in [0, 0.1) is 0 Å². The SMILES string of the molecule is CO[C@@H]1OC(CO[C@@H]2OC(COS(=O)(=O)[O-])[C@H](OSOO[O-])[C@H](OSOO[O-])C2OS(=O)(=O)[O-])[C@H](OSOO[O-])[C@H](OSOO[O-])C1OS(=O)(=O)[O-].[Na+].[Na+].[Na+].[Na+].[Na+].[Na+].[Na+]. The van der Waals surface area contributed by atoms with E-state index >= 15 is 0 Å². The van der Waals surface area contributed by atoms with Crippen molar-refractivity contribution in [1.82, 2.24) is 0 Å². The molecule has 2 saturated heterocycles. The van der Waals surface area contributed by atoms with E-state index in [9.17, 15) is 59.9 Å². The van der Waals surface area contributed by atoms with Crippen LogP contribution in [0.1, 0.15) is 0 Å². The molecule has 2 rings (SSSR count). The second-order valence-electron chi connectivity index (χ2n) is 8.35. The second-order valence-corrected chi connectivity index (χ2v) is 13.3. The minimum absolute atomic E-state index is 0. The number of methoxy groups -OCH3 is 1. The minimum atomic E-state index is -5.84. The summed E-state index contributed by atoms with van der Waals surface area (Å²) in [5.74, 6) is 0. The van der Waals surface area contributed by atoms with Crippen LogP contribution in [0.25, 0.3) is 0 Å². The van der Waals surface area contributed by atoms with Crippen LogP contribution < -0.4 is 228 Å². The molecular weight excluding hydrogens is 1050 g/mol. The molecule has 0 saturated carbocycles. The topological polar surface area (TPSA) is 439 Å². The number of hydrogen-bond acceptors (Lipinski definition) is 36. The van der Waals surface area contributed by atoms with Gasteiger partial charge in [0.15, 0.2) is 74.1 Å². The monoisotopic (exact) mass is 1070 g/mol. The van der Waals surface area contributed by atoms with Crippen LogP contribution in [0.4, 0.5) is 0 Å². The average Bonchev–Trinajstić information content (AvgIpc) is 3.04. The van der Waals surface area contributed by atoms with Gasteiger partial charge >= 0.3 is 207 Å². The summed E-state index contributed by atoms with van der Waals surface area (Å²) < 4.78 is 173. The molecule has 0 N–H and O–H groups in total. The van der Waals surface area contributed by atoms with Crippen molar-refractivity contribution in [3.05, 3.63) is 0 Å². The molecule has 32 nitrogen and oxygen atoms in total. The molecule has 0 amide bonds. The van der Waals surface area contributed by atoms with E-state index in [-0.39, 0.29) is 244 Å². The van der Waals surface area contributed by atoms with E-state index in [0.717, 1.165) is 7.11 Å². The van der Waals surface area contributed by atoms with Gasteiger partial charge in [0.05, 0.1) is 13.2 Å². The first-order chi connectivity index (χ1) is 24.5. The van der Waals surface area contributed by atoms with Crippen molar-refractivity contribution in [2.45, 2.75) is 61.4 Å². The molecule has 2 fully saturated rings. The second kappa shape index (κ2) is 41.8. The molecule has 0 aromatic carbocycles. The average molecular weight is 1070 g/mol. The fourth-order valence-electron chi connectivity index (χ4n) is 3.91. The van der Waals surface area contributed by atoms with Gasteiger partial charge in [-0.25, -0.2) is 25.3 Å². The normalized spacial score (nSPS) is 26.8.